The molecule has 1 aromatic carbocycles. The first-order chi connectivity index (χ1) is 7.81. The zero-order chi connectivity index (χ0) is 11.4. The van der Waals surface area contributed by atoms with Crippen LogP contribution in [0.5, 0.6) is 0 Å². The number of H-pyrrole nitrogens is 1. The lowest BCUT2D eigenvalue weighted by atomic mass is 10.2. The molecule has 2 rings (SSSR count). The van der Waals surface area contributed by atoms with Crippen molar-refractivity contribution in [2.24, 2.45) is 0 Å². The summed E-state index contributed by atoms with van der Waals surface area (Å²) in [5, 5.41) is 11.8. The number of nitrogens with one attached hydrogen (secondary N) is 2. The molecule has 3 nitrogen and oxygen atoms in total. The molecule has 0 unspecified atom stereocenters. The summed E-state index contributed by atoms with van der Waals surface area (Å²) in [7, 11) is 0. The van der Waals surface area contributed by atoms with Gasteiger partial charge in [0, 0.05) is 18.9 Å². The molecule has 16 heavy (non-hydrogen) atoms. The molecule has 0 radical (unpaired) electrons. The minimum atomic E-state index is -0.499. The number of aromatic nitrogens is 1. The van der Waals surface area contributed by atoms with Crippen molar-refractivity contribution in [1.29, 1.82) is 5.26 Å². The summed E-state index contributed by atoms with van der Waals surface area (Å²) in [6.45, 7) is 0.557. The van der Waals surface area contributed by atoms with E-state index in [2.05, 4.69) is 10.3 Å². The molecule has 0 fully saturated rings. The summed E-state index contributed by atoms with van der Waals surface area (Å²) < 4.78 is 13.2. The Bertz CT molecular complexity index is 512. The van der Waals surface area contributed by atoms with Gasteiger partial charge in [-0.2, -0.15) is 5.26 Å². The molecule has 0 aliphatic rings. The van der Waals surface area contributed by atoms with Crippen LogP contribution in [0.25, 0.3) is 0 Å². The van der Waals surface area contributed by atoms with Crippen LogP contribution in [-0.4, -0.2) is 4.98 Å². The molecule has 0 aliphatic heterocycles. The predicted octanol–water partition coefficient (Wildman–Crippen LogP) is 2.64. The molecule has 0 spiro atoms. The fraction of sp³-hybridized carbons (Fsp3) is 0.0833. The Hall–Kier alpha value is -2.28. The molecule has 2 N–H and O–H groups in total. The highest BCUT2D eigenvalue weighted by Gasteiger charge is 2.06. The van der Waals surface area contributed by atoms with Gasteiger partial charge in [-0.05, 0) is 23.8 Å². The number of benzene rings is 1. The van der Waals surface area contributed by atoms with Crippen molar-refractivity contribution in [2.45, 2.75) is 6.54 Å². The maximum absolute atomic E-state index is 13.2. The molecule has 4 heteroatoms. The fourth-order valence-corrected chi connectivity index (χ4v) is 1.45. The van der Waals surface area contributed by atoms with Crippen LogP contribution in [0, 0.1) is 17.1 Å². The van der Waals surface area contributed by atoms with E-state index < -0.39 is 5.82 Å². The van der Waals surface area contributed by atoms with Gasteiger partial charge in [0.1, 0.15) is 17.4 Å². The highest BCUT2D eigenvalue weighted by molar-refractivity contribution is 5.57. The predicted molar refractivity (Wildman–Crippen MR) is 59.2 cm³/mol. The molecule has 0 bridgehead atoms. The number of hydrogen-bond donors (Lipinski definition) is 2. The van der Waals surface area contributed by atoms with Crippen molar-refractivity contribution < 1.29 is 4.39 Å². The van der Waals surface area contributed by atoms with E-state index >= 15 is 0 Å². The average Bonchev–Trinajstić information content (AvgIpc) is 2.79. The lowest BCUT2D eigenvalue weighted by Crippen LogP contribution is -2.01. The largest absolute Gasteiger partial charge is 0.380 e. The lowest BCUT2D eigenvalue weighted by molar-refractivity contribution is 0.624. The minimum absolute atomic E-state index is 0.0537. The summed E-state index contributed by atoms with van der Waals surface area (Å²) in [6, 6.07) is 8.31. The van der Waals surface area contributed by atoms with Crippen molar-refractivity contribution in [3.63, 3.8) is 0 Å². The number of rotatable bonds is 3. The molecule has 80 valence electrons. The molecule has 0 saturated carbocycles. The van der Waals surface area contributed by atoms with Gasteiger partial charge in [-0.15, -0.1) is 0 Å². The van der Waals surface area contributed by atoms with Crippen LogP contribution < -0.4 is 5.32 Å². The van der Waals surface area contributed by atoms with Crippen LogP contribution in [0.3, 0.4) is 0 Å². The maximum atomic E-state index is 13.2. The van der Waals surface area contributed by atoms with E-state index in [0.717, 1.165) is 5.56 Å². The van der Waals surface area contributed by atoms with Gasteiger partial charge in [0.15, 0.2) is 0 Å². The smallest absolute Gasteiger partial charge is 0.143 e. The number of anilines is 1. The van der Waals surface area contributed by atoms with Gasteiger partial charge in [-0.1, -0.05) is 6.07 Å². The Kier molecular flexibility index (Phi) is 2.88. The van der Waals surface area contributed by atoms with E-state index in [1.165, 1.54) is 6.07 Å². The number of aromatic amines is 1. The van der Waals surface area contributed by atoms with E-state index in [4.69, 9.17) is 5.26 Å². The normalized spacial score (nSPS) is 9.75. The molecule has 1 aromatic heterocycles. The first-order valence-corrected chi connectivity index (χ1v) is 4.85. The highest BCUT2D eigenvalue weighted by Crippen LogP contribution is 2.18. The van der Waals surface area contributed by atoms with Crippen LogP contribution in [0.2, 0.25) is 0 Å². The topological polar surface area (TPSA) is 51.6 Å². The number of nitriles is 1. The Labute approximate surface area is 92.5 Å². The highest BCUT2D eigenvalue weighted by atomic mass is 19.1. The molecule has 0 atom stereocenters. The van der Waals surface area contributed by atoms with Crippen molar-refractivity contribution in [2.75, 3.05) is 5.32 Å². The third-order valence-electron chi connectivity index (χ3n) is 2.27. The standard InChI is InChI=1S/C12H10FN3/c13-11-2-1-3-12(10(11)6-14)16-8-9-4-5-15-7-9/h1-5,7,15-16H,8H2. The molecular weight excluding hydrogens is 205 g/mol. The first-order valence-electron chi connectivity index (χ1n) is 4.85. The number of nitrogens with zero attached hydrogens (tertiary/aromatic N) is 1. The third kappa shape index (κ3) is 2.04. The second kappa shape index (κ2) is 4.49. The zero-order valence-electron chi connectivity index (χ0n) is 8.50. The van der Waals surface area contributed by atoms with Crippen molar-refractivity contribution >= 4 is 5.69 Å². The third-order valence-corrected chi connectivity index (χ3v) is 2.27. The molecule has 0 aliphatic carbocycles. The monoisotopic (exact) mass is 215 g/mol. The van der Waals surface area contributed by atoms with Gasteiger partial charge in [0.2, 0.25) is 0 Å². The van der Waals surface area contributed by atoms with E-state index in [1.807, 2.05) is 24.5 Å². The van der Waals surface area contributed by atoms with Gasteiger partial charge < -0.3 is 10.3 Å². The molecule has 0 saturated heterocycles. The van der Waals surface area contributed by atoms with Gasteiger partial charge in [-0.25, -0.2) is 4.39 Å². The van der Waals surface area contributed by atoms with Crippen LogP contribution in [0.1, 0.15) is 11.1 Å². The quantitative estimate of drug-likeness (QED) is 0.826. The second-order valence-corrected chi connectivity index (χ2v) is 3.35. The van der Waals surface area contributed by atoms with Gasteiger partial charge in [-0.3, -0.25) is 0 Å². The summed E-state index contributed by atoms with van der Waals surface area (Å²) in [4.78, 5) is 2.93. The van der Waals surface area contributed by atoms with Gasteiger partial charge in [0.25, 0.3) is 0 Å². The molecule has 2 aromatic rings. The van der Waals surface area contributed by atoms with Crippen LogP contribution in [0.15, 0.2) is 36.7 Å². The lowest BCUT2D eigenvalue weighted by Gasteiger charge is -2.07. The Morgan fingerprint density at radius 2 is 2.25 bits per heavy atom. The van der Waals surface area contributed by atoms with Crippen molar-refractivity contribution in [3.05, 3.63) is 53.6 Å². The fourth-order valence-electron chi connectivity index (χ4n) is 1.45. The van der Waals surface area contributed by atoms with E-state index in [0.29, 0.717) is 12.2 Å². The van der Waals surface area contributed by atoms with E-state index in [9.17, 15) is 4.39 Å². The summed E-state index contributed by atoms with van der Waals surface area (Å²) in [5.41, 5.74) is 1.62. The second-order valence-electron chi connectivity index (χ2n) is 3.35. The van der Waals surface area contributed by atoms with Crippen molar-refractivity contribution in [1.82, 2.24) is 4.98 Å². The van der Waals surface area contributed by atoms with E-state index in [-0.39, 0.29) is 5.56 Å². The van der Waals surface area contributed by atoms with Crippen molar-refractivity contribution in [3.8, 4) is 6.07 Å². The van der Waals surface area contributed by atoms with Crippen LogP contribution in [0.4, 0.5) is 10.1 Å². The number of hydrogen-bond acceptors (Lipinski definition) is 2. The molecular formula is C12H10FN3. The number of halogens is 1. The van der Waals surface area contributed by atoms with Crippen LogP contribution in [-0.2, 0) is 6.54 Å². The van der Waals surface area contributed by atoms with E-state index in [1.54, 1.807) is 12.1 Å². The van der Waals surface area contributed by atoms with Gasteiger partial charge >= 0.3 is 0 Å². The Morgan fingerprint density at radius 3 is 2.94 bits per heavy atom. The maximum Gasteiger partial charge on any atom is 0.143 e. The minimum Gasteiger partial charge on any atom is -0.380 e. The molecule has 1 heterocycles. The van der Waals surface area contributed by atoms with Crippen LogP contribution >= 0.6 is 0 Å². The van der Waals surface area contributed by atoms with Gasteiger partial charge in [0.05, 0.1) is 5.69 Å². The Morgan fingerprint density at radius 1 is 1.38 bits per heavy atom. The summed E-state index contributed by atoms with van der Waals surface area (Å²) in [5.74, 6) is -0.499. The first kappa shape index (κ1) is 10.2. The molecule has 0 amide bonds. The Balaban J connectivity index is 2.16. The summed E-state index contributed by atoms with van der Waals surface area (Å²) >= 11 is 0. The SMILES string of the molecule is N#Cc1c(F)cccc1NCc1cc[nH]c1. The average molecular weight is 215 g/mol. The summed E-state index contributed by atoms with van der Waals surface area (Å²) in [6.07, 6.45) is 3.66. The zero-order valence-corrected chi connectivity index (χ0v) is 8.50.